The number of nitrogens with one attached hydrogen (secondary N) is 1. The van der Waals surface area contributed by atoms with E-state index in [0.29, 0.717) is 6.04 Å². The fraction of sp³-hybridized carbons (Fsp3) is 0.611. The molecule has 0 unspecified atom stereocenters. The second-order valence-electron chi connectivity index (χ2n) is 6.87. The maximum absolute atomic E-state index is 12.2. The van der Waals surface area contributed by atoms with Crippen LogP contribution in [-0.4, -0.2) is 64.4 Å². The lowest BCUT2D eigenvalue weighted by Crippen LogP contribution is -2.53. The minimum absolute atomic E-state index is 0.0356. The highest BCUT2D eigenvalue weighted by atomic mass is 32.2. The molecule has 1 aliphatic heterocycles. The van der Waals surface area contributed by atoms with Gasteiger partial charge in [0.25, 0.3) is 0 Å². The molecule has 0 radical (unpaired) electrons. The molecule has 1 saturated heterocycles. The number of benzene rings is 1. The molecule has 1 N–H and O–H groups in total. The maximum atomic E-state index is 12.2. The van der Waals surface area contributed by atoms with Crippen LogP contribution >= 0.6 is 0 Å². The van der Waals surface area contributed by atoms with E-state index in [2.05, 4.69) is 27.2 Å². The molecule has 1 amide bonds. The summed E-state index contributed by atoms with van der Waals surface area (Å²) in [7, 11) is -0.917. The minimum Gasteiger partial charge on any atom is -0.352 e. The molecule has 6 heteroatoms. The molecule has 24 heavy (non-hydrogen) atoms. The van der Waals surface area contributed by atoms with E-state index in [-0.39, 0.29) is 11.9 Å². The van der Waals surface area contributed by atoms with Crippen LogP contribution in [0.3, 0.4) is 0 Å². The lowest BCUT2D eigenvalue weighted by molar-refractivity contribution is -0.126. The van der Waals surface area contributed by atoms with Crippen LogP contribution in [0.1, 0.15) is 25.3 Å². The second-order valence-corrected chi connectivity index (χ2v) is 8.25. The van der Waals surface area contributed by atoms with Crippen molar-refractivity contribution in [3.05, 3.63) is 29.8 Å². The molecule has 2 aliphatic rings. The van der Waals surface area contributed by atoms with Gasteiger partial charge in [-0.1, -0.05) is 12.1 Å². The van der Waals surface area contributed by atoms with Crippen LogP contribution in [-0.2, 0) is 22.1 Å². The third kappa shape index (κ3) is 4.65. The van der Waals surface area contributed by atoms with E-state index in [1.54, 1.807) is 6.26 Å². The molecule has 1 aromatic rings. The normalized spacial score (nSPS) is 22.1. The van der Waals surface area contributed by atoms with Gasteiger partial charge in [-0.15, -0.1) is 0 Å². The van der Waals surface area contributed by atoms with Crippen LogP contribution in [0.15, 0.2) is 29.2 Å². The first-order valence-electron chi connectivity index (χ1n) is 8.72. The SMILES string of the molecule is C[C@H](C(=O)NC1CC1)N1CCN(Cc2ccc([S@@](C)=O)cc2)CC1. The molecule has 132 valence electrons. The molecular formula is C18H27N3O2S. The first kappa shape index (κ1) is 17.6. The summed E-state index contributed by atoms with van der Waals surface area (Å²) >= 11 is 0. The molecule has 1 aromatic carbocycles. The summed E-state index contributed by atoms with van der Waals surface area (Å²) < 4.78 is 11.4. The van der Waals surface area contributed by atoms with E-state index < -0.39 is 10.8 Å². The molecule has 0 aromatic heterocycles. The number of nitrogens with zero attached hydrogens (tertiary/aromatic N) is 2. The van der Waals surface area contributed by atoms with E-state index in [1.165, 1.54) is 5.56 Å². The van der Waals surface area contributed by atoms with Crippen molar-refractivity contribution in [2.24, 2.45) is 0 Å². The van der Waals surface area contributed by atoms with Crippen molar-refractivity contribution in [3.8, 4) is 0 Å². The van der Waals surface area contributed by atoms with Crippen LogP contribution in [0, 0.1) is 0 Å². The van der Waals surface area contributed by atoms with Crippen molar-refractivity contribution in [1.29, 1.82) is 0 Å². The number of rotatable bonds is 6. The summed E-state index contributed by atoms with van der Waals surface area (Å²) in [6.07, 6.45) is 3.97. The van der Waals surface area contributed by atoms with Gasteiger partial charge in [0, 0.05) is 60.7 Å². The third-order valence-corrected chi connectivity index (χ3v) is 5.86. The number of piperazine rings is 1. The van der Waals surface area contributed by atoms with E-state index >= 15 is 0 Å². The average molecular weight is 350 g/mol. The molecule has 0 bridgehead atoms. The first-order chi connectivity index (χ1) is 11.5. The Bertz CT molecular complexity index is 593. The Morgan fingerprint density at radius 2 is 1.83 bits per heavy atom. The van der Waals surface area contributed by atoms with Gasteiger partial charge >= 0.3 is 0 Å². The predicted octanol–water partition coefficient (Wildman–Crippen LogP) is 1.21. The first-order valence-corrected chi connectivity index (χ1v) is 10.3. The van der Waals surface area contributed by atoms with Gasteiger partial charge in [0.15, 0.2) is 0 Å². The average Bonchev–Trinajstić information content (AvgIpc) is 3.39. The van der Waals surface area contributed by atoms with E-state index in [9.17, 15) is 9.00 Å². The summed E-state index contributed by atoms with van der Waals surface area (Å²) in [6, 6.07) is 8.43. The second kappa shape index (κ2) is 7.76. The van der Waals surface area contributed by atoms with Crippen LogP contribution in [0.5, 0.6) is 0 Å². The van der Waals surface area contributed by atoms with Gasteiger partial charge in [-0.25, -0.2) is 0 Å². The van der Waals surface area contributed by atoms with Crippen molar-refractivity contribution < 1.29 is 9.00 Å². The summed E-state index contributed by atoms with van der Waals surface area (Å²) in [4.78, 5) is 17.7. The molecule has 1 aliphatic carbocycles. The number of hydrogen-bond donors (Lipinski definition) is 1. The lowest BCUT2D eigenvalue weighted by Gasteiger charge is -2.37. The van der Waals surface area contributed by atoms with E-state index in [1.807, 2.05) is 19.1 Å². The number of amides is 1. The topological polar surface area (TPSA) is 52.7 Å². The van der Waals surface area contributed by atoms with Crippen molar-refractivity contribution in [3.63, 3.8) is 0 Å². The zero-order chi connectivity index (χ0) is 17.1. The zero-order valence-electron chi connectivity index (χ0n) is 14.5. The van der Waals surface area contributed by atoms with Crippen LogP contribution in [0.4, 0.5) is 0 Å². The van der Waals surface area contributed by atoms with Gasteiger partial charge in [-0.3, -0.25) is 18.8 Å². The van der Waals surface area contributed by atoms with Crippen molar-refractivity contribution >= 4 is 16.7 Å². The largest absolute Gasteiger partial charge is 0.352 e. The Labute approximate surface area is 146 Å². The van der Waals surface area contributed by atoms with Gasteiger partial charge in [0.1, 0.15) is 0 Å². The number of hydrogen-bond acceptors (Lipinski definition) is 4. The monoisotopic (exact) mass is 349 g/mol. The van der Waals surface area contributed by atoms with Gasteiger partial charge in [-0.05, 0) is 37.5 Å². The van der Waals surface area contributed by atoms with Gasteiger partial charge in [0.2, 0.25) is 5.91 Å². The van der Waals surface area contributed by atoms with Gasteiger partial charge in [-0.2, -0.15) is 0 Å². The number of carbonyl (C=O) groups excluding carboxylic acids is 1. The standard InChI is InChI=1S/C18H27N3O2S/c1-14(18(22)19-16-5-6-16)21-11-9-20(10-12-21)13-15-3-7-17(8-4-15)24(2)23/h3-4,7-8,14,16H,5-6,9-13H2,1-2H3,(H,19,22)/t14-,24-/m1/s1. The van der Waals surface area contributed by atoms with Crippen LogP contribution in [0.25, 0.3) is 0 Å². The van der Waals surface area contributed by atoms with E-state index in [0.717, 1.165) is 50.5 Å². The molecule has 5 nitrogen and oxygen atoms in total. The Hall–Kier alpha value is -1.24. The molecule has 2 fully saturated rings. The quantitative estimate of drug-likeness (QED) is 0.839. The van der Waals surface area contributed by atoms with Crippen molar-refractivity contribution in [1.82, 2.24) is 15.1 Å². The fourth-order valence-corrected chi connectivity index (χ4v) is 3.59. The van der Waals surface area contributed by atoms with E-state index in [4.69, 9.17) is 0 Å². The predicted molar refractivity (Wildman–Crippen MR) is 96.3 cm³/mol. The Kier molecular flexibility index (Phi) is 5.69. The molecule has 1 saturated carbocycles. The summed E-state index contributed by atoms with van der Waals surface area (Å²) in [5.74, 6) is 0.175. The molecular weight excluding hydrogens is 322 g/mol. The Morgan fingerprint density at radius 3 is 2.38 bits per heavy atom. The van der Waals surface area contributed by atoms with Crippen LogP contribution < -0.4 is 5.32 Å². The van der Waals surface area contributed by atoms with Gasteiger partial charge < -0.3 is 5.32 Å². The molecule has 2 atom stereocenters. The van der Waals surface area contributed by atoms with Crippen molar-refractivity contribution in [2.75, 3.05) is 32.4 Å². The number of carbonyl (C=O) groups is 1. The Balaban J connectivity index is 1.46. The highest BCUT2D eigenvalue weighted by molar-refractivity contribution is 7.84. The summed E-state index contributed by atoms with van der Waals surface area (Å²) in [5.41, 5.74) is 1.25. The smallest absolute Gasteiger partial charge is 0.237 e. The third-order valence-electron chi connectivity index (χ3n) is 4.92. The van der Waals surface area contributed by atoms with Crippen LogP contribution in [0.2, 0.25) is 0 Å². The highest BCUT2D eigenvalue weighted by Crippen LogP contribution is 2.19. The van der Waals surface area contributed by atoms with Gasteiger partial charge in [0.05, 0.1) is 6.04 Å². The zero-order valence-corrected chi connectivity index (χ0v) is 15.3. The minimum atomic E-state index is -0.917. The Morgan fingerprint density at radius 1 is 1.21 bits per heavy atom. The van der Waals surface area contributed by atoms with Crippen molar-refractivity contribution in [2.45, 2.75) is 43.3 Å². The maximum Gasteiger partial charge on any atom is 0.237 e. The summed E-state index contributed by atoms with van der Waals surface area (Å²) in [5, 5.41) is 3.10. The fourth-order valence-electron chi connectivity index (χ4n) is 3.07. The summed E-state index contributed by atoms with van der Waals surface area (Å²) in [6.45, 7) is 6.72. The molecule has 0 spiro atoms. The lowest BCUT2D eigenvalue weighted by atomic mass is 10.1. The highest BCUT2D eigenvalue weighted by Gasteiger charge is 2.29. The molecule has 3 rings (SSSR count). The molecule has 1 heterocycles.